The molecule has 0 aromatic rings. The molecule has 0 aromatic heterocycles. The highest BCUT2D eigenvalue weighted by atomic mass is 16.5. The highest BCUT2D eigenvalue weighted by Gasteiger charge is 2.62. The van der Waals surface area contributed by atoms with Crippen molar-refractivity contribution in [3.05, 3.63) is 11.6 Å². The van der Waals surface area contributed by atoms with Crippen LogP contribution in [0.2, 0.25) is 0 Å². The van der Waals surface area contributed by atoms with Crippen molar-refractivity contribution in [1.29, 1.82) is 5.26 Å². The number of aliphatic hydroxyl groups is 1. The minimum absolute atomic E-state index is 0.115. The molecule has 4 nitrogen and oxygen atoms in total. The van der Waals surface area contributed by atoms with Gasteiger partial charge in [-0.15, -0.1) is 0 Å². The molecule has 0 radical (unpaired) electrons. The summed E-state index contributed by atoms with van der Waals surface area (Å²) in [7, 11) is 1.39. The average molecular weight is 289 g/mol. The molecule has 4 unspecified atom stereocenters. The van der Waals surface area contributed by atoms with Crippen molar-refractivity contribution in [2.75, 3.05) is 13.7 Å². The number of rotatable bonds is 3. The summed E-state index contributed by atoms with van der Waals surface area (Å²) in [5.41, 5.74) is 0.0772. The Labute approximate surface area is 125 Å². The monoisotopic (exact) mass is 289 g/mol. The quantitative estimate of drug-likeness (QED) is 0.640. The second kappa shape index (κ2) is 4.58. The molecule has 21 heavy (non-hydrogen) atoms. The fourth-order valence-corrected chi connectivity index (χ4v) is 5.86. The number of carbonyl (C=O) groups excluding carboxylic acids is 1. The molecule has 0 aromatic carbocycles. The summed E-state index contributed by atoms with van der Waals surface area (Å²) >= 11 is 0. The fraction of sp³-hybridized carbons (Fsp3) is 0.765. The molecule has 0 spiro atoms. The zero-order chi connectivity index (χ0) is 15.3. The van der Waals surface area contributed by atoms with Crippen LogP contribution in [0.25, 0.3) is 0 Å². The first-order valence-corrected chi connectivity index (χ1v) is 7.69. The van der Waals surface area contributed by atoms with E-state index in [9.17, 15) is 15.2 Å². The number of allylic oxidation sites excluding steroid dienone is 1. The number of carbonyl (C=O) groups is 1. The van der Waals surface area contributed by atoms with Gasteiger partial charge in [0.2, 0.25) is 0 Å². The van der Waals surface area contributed by atoms with Crippen LogP contribution >= 0.6 is 0 Å². The van der Waals surface area contributed by atoms with E-state index in [4.69, 9.17) is 4.74 Å². The van der Waals surface area contributed by atoms with Gasteiger partial charge in [0, 0.05) is 12.2 Å². The van der Waals surface area contributed by atoms with Crippen LogP contribution < -0.4 is 0 Å². The van der Waals surface area contributed by atoms with Crippen LogP contribution in [0.1, 0.15) is 45.4 Å². The van der Waals surface area contributed by atoms with Crippen molar-refractivity contribution in [3.8, 4) is 6.07 Å². The summed E-state index contributed by atoms with van der Waals surface area (Å²) in [5, 5.41) is 19.6. The normalized spacial score (nSPS) is 44.5. The zero-order valence-electron chi connectivity index (χ0n) is 12.8. The number of ether oxygens (including phenoxy) is 1. The highest BCUT2D eigenvalue weighted by molar-refractivity contribution is 5.87. The smallest absolute Gasteiger partial charge is 0.333 e. The predicted molar refractivity (Wildman–Crippen MR) is 77.0 cm³/mol. The average Bonchev–Trinajstić information content (AvgIpc) is 2.44. The van der Waals surface area contributed by atoms with Gasteiger partial charge in [0.05, 0.1) is 18.6 Å². The summed E-state index contributed by atoms with van der Waals surface area (Å²) in [4.78, 5) is 11.7. The van der Waals surface area contributed by atoms with E-state index < -0.39 is 0 Å². The van der Waals surface area contributed by atoms with Gasteiger partial charge >= 0.3 is 5.97 Å². The number of esters is 1. The lowest BCUT2D eigenvalue weighted by molar-refractivity contribution is -0.139. The largest absolute Gasteiger partial charge is 0.466 e. The van der Waals surface area contributed by atoms with E-state index in [1.807, 2.05) is 6.08 Å². The predicted octanol–water partition coefficient (Wildman–Crippen LogP) is 2.58. The van der Waals surface area contributed by atoms with Crippen LogP contribution in [0.5, 0.6) is 0 Å². The van der Waals surface area contributed by atoms with E-state index in [0.717, 1.165) is 38.5 Å². The topological polar surface area (TPSA) is 70.3 Å². The van der Waals surface area contributed by atoms with Crippen LogP contribution in [0, 0.1) is 33.5 Å². The Bertz CT molecular complexity index is 549. The van der Waals surface area contributed by atoms with Crippen molar-refractivity contribution in [2.24, 2.45) is 22.2 Å². The molecule has 4 aliphatic carbocycles. The van der Waals surface area contributed by atoms with Gasteiger partial charge in [-0.2, -0.15) is 5.26 Å². The Kier molecular flexibility index (Phi) is 3.18. The third kappa shape index (κ3) is 2.19. The van der Waals surface area contributed by atoms with E-state index in [0.29, 0.717) is 11.5 Å². The maximum Gasteiger partial charge on any atom is 0.333 e. The van der Waals surface area contributed by atoms with Crippen LogP contribution in [0.3, 0.4) is 0 Å². The second-order valence-electron chi connectivity index (χ2n) is 7.74. The van der Waals surface area contributed by atoms with E-state index >= 15 is 0 Å². The molecule has 4 atom stereocenters. The summed E-state index contributed by atoms with van der Waals surface area (Å²) < 4.78 is 4.81. The van der Waals surface area contributed by atoms with E-state index in [1.54, 1.807) is 6.92 Å². The standard InChI is InChI=1S/C17H23NO3/c1-12(14(20)21-2)3-15-4-13-5-16(7-15,10-18)9-17(6-13,8-15)11-19/h3,13,19H,4-9,11H2,1-2H3/b12-3+. The van der Waals surface area contributed by atoms with Gasteiger partial charge in [-0.05, 0) is 62.2 Å². The Hall–Kier alpha value is -1.34. The molecular formula is C17H23NO3. The number of hydrogen-bond acceptors (Lipinski definition) is 4. The van der Waals surface area contributed by atoms with Crippen LogP contribution in [-0.2, 0) is 9.53 Å². The molecule has 0 amide bonds. The molecule has 4 bridgehead atoms. The molecule has 0 heterocycles. The molecule has 0 aliphatic heterocycles. The Balaban J connectivity index is 2.00. The lowest BCUT2D eigenvalue weighted by Crippen LogP contribution is -2.57. The summed E-state index contributed by atoms with van der Waals surface area (Å²) in [6.45, 7) is 1.94. The SMILES string of the molecule is COC(=O)/C(C)=C/C12CC3CC(C#N)(C1)CC(CO)(C3)C2. The van der Waals surface area contributed by atoms with Gasteiger partial charge in [0.25, 0.3) is 0 Å². The third-order valence-corrected chi connectivity index (χ3v) is 5.83. The highest BCUT2D eigenvalue weighted by Crippen LogP contribution is 2.70. The number of methoxy groups -OCH3 is 1. The maximum absolute atomic E-state index is 11.7. The first kappa shape index (κ1) is 14.6. The molecule has 1 N–H and O–H groups in total. The number of nitrogens with zero attached hydrogens (tertiary/aromatic N) is 1. The van der Waals surface area contributed by atoms with E-state index in [-0.39, 0.29) is 28.8 Å². The van der Waals surface area contributed by atoms with Gasteiger partial charge in [-0.3, -0.25) is 0 Å². The zero-order valence-corrected chi connectivity index (χ0v) is 12.8. The van der Waals surface area contributed by atoms with Crippen molar-refractivity contribution in [2.45, 2.75) is 45.4 Å². The fourth-order valence-electron chi connectivity index (χ4n) is 5.86. The number of aliphatic hydroxyl groups excluding tert-OH is 1. The van der Waals surface area contributed by atoms with Gasteiger partial charge in [0.1, 0.15) is 0 Å². The Morgan fingerprint density at radius 1 is 1.38 bits per heavy atom. The van der Waals surface area contributed by atoms with Crippen LogP contribution in [0.4, 0.5) is 0 Å². The van der Waals surface area contributed by atoms with Crippen molar-refractivity contribution < 1.29 is 14.6 Å². The van der Waals surface area contributed by atoms with Crippen molar-refractivity contribution in [3.63, 3.8) is 0 Å². The number of hydrogen-bond donors (Lipinski definition) is 1. The maximum atomic E-state index is 11.7. The molecule has 4 heteroatoms. The Morgan fingerprint density at radius 2 is 2.14 bits per heavy atom. The summed E-state index contributed by atoms with van der Waals surface area (Å²) in [6.07, 6.45) is 7.59. The minimum Gasteiger partial charge on any atom is -0.466 e. The van der Waals surface area contributed by atoms with Gasteiger partial charge in [-0.25, -0.2) is 4.79 Å². The van der Waals surface area contributed by atoms with Gasteiger partial charge < -0.3 is 9.84 Å². The molecule has 0 saturated heterocycles. The first-order valence-electron chi connectivity index (χ1n) is 7.69. The Morgan fingerprint density at radius 3 is 2.76 bits per heavy atom. The molecule has 114 valence electrons. The van der Waals surface area contributed by atoms with Crippen molar-refractivity contribution in [1.82, 2.24) is 0 Å². The number of nitriles is 1. The lowest BCUT2D eigenvalue weighted by atomic mass is 9.40. The first-order chi connectivity index (χ1) is 9.89. The third-order valence-electron chi connectivity index (χ3n) is 5.83. The summed E-state index contributed by atoms with van der Waals surface area (Å²) in [5.74, 6) is 0.199. The van der Waals surface area contributed by atoms with Gasteiger partial charge in [-0.1, -0.05) is 6.08 Å². The lowest BCUT2D eigenvalue weighted by Gasteiger charge is -2.63. The summed E-state index contributed by atoms with van der Waals surface area (Å²) in [6, 6.07) is 2.55. The molecular weight excluding hydrogens is 266 g/mol. The minimum atomic E-state index is -0.310. The van der Waals surface area contributed by atoms with E-state index in [1.165, 1.54) is 7.11 Å². The molecule has 4 saturated carbocycles. The molecule has 4 fully saturated rings. The van der Waals surface area contributed by atoms with Crippen LogP contribution in [0.15, 0.2) is 11.6 Å². The van der Waals surface area contributed by atoms with Gasteiger partial charge in [0.15, 0.2) is 0 Å². The van der Waals surface area contributed by atoms with E-state index in [2.05, 4.69) is 6.07 Å². The second-order valence-corrected chi connectivity index (χ2v) is 7.74. The molecule has 4 aliphatic rings. The molecule has 4 rings (SSSR count). The van der Waals surface area contributed by atoms with Crippen LogP contribution in [-0.4, -0.2) is 24.8 Å². The van der Waals surface area contributed by atoms with Crippen molar-refractivity contribution >= 4 is 5.97 Å².